The molecule has 0 heterocycles. The second kappa shape index (κ2) is 11.0. The lowest BCUT2D eigenvalue weighted by Gasteiger charge is -2.48. The first-order chi connectivity index (χ1) is 14.7. The summed E-state index contributed by atoms with van der Waals surface area (Å²) in [6, 6.07) is 0. The van der Waals surface area contributed by atoms with E-state index in [-0.39, 0.29) is 23.5 Å². The van der Waals surface area contributed by atoms with E-state index in [0.29, 0.717) is 17.1 Å². The number of amides is 1. The average molecular weight is 453 g/mol. The second-order valence-electron chi connectivity index (χ2n) is 9.27. The van der Waals surface area contributed by atoms with Gasteiger partial charge >= 0.3 is 0 Å². The van der Waals surface area contributed by atoms with Crippen molar-refractivity contribution in [2.24, 2.45) is 5.92 Å². The minimum Gasteiger partial charge on any atom is -0.390 e. The Hall–Kier alpha value is -2.31. The zero-order valence-electron chi connectivity index (χ0n) is 20.5. The van der Waals surface area contributed by atoms with E-state index in [9.17, 15) is 23.2 Å². The molecule has 1 aliphatic rings. The van der Waals surface area contributed by atoms with Crippen LogP contribution in [0.3, 0.4) is 0 Å². The number of nitrogens with one attached hydrogen (secondary N) is 2. The normalized spacial score (nSPS) is 18.2. The van der Waals surface area contributed by atoms with Crippen LogP contribution in [0.1, 0.15) is 80.1 Å². The minimum atomic E-state index is -2.92. The highest BCUT2D eigenvalue weighted by Gasteiger charge is 2.59. The number of hydrogen-bond acceptors (Lipinski definition) is 4. The summed E-state index contributed by atoms with van der Waals surface area (Å²) >= 11 is 0. The van der Waals surface area contributed by atoms with Crippen LogP contribution in [0.4, 0.5) is 8.78 Å². The number of hydrogen-bond donors (Lipinski definition) is 2. The van der Waals surface area contributed by atoms with E-state index in [1.165, 1.54) is 14.0 Å². The first-order valence-corrected chi connectivity index (χ1v) is 11.2. The Labute approximate surface area is 190 Å². The van der Waals surface area contributed by atoms with Gasteiger partial charge in [0.25, 0.3) is 11.8 Å². The standard InChI is InChI=1S/C25H38F2N2O3/c1-9-20(30)21(16(4)12-10-11-15(2)3)17(5)18(6)22(31)23(32)29-24(19(7)28-8)13-25(26,27)14-24/h15,28H,7,9-14H2,1-6,8H3,(H,29,32)/b18-17+,21-16-. The predicted octanol–water partition coefficient (Wildman–Crippen LogP) is 5.03. The maximum absolute atomic E-state index is 13.6. The van der Waals surface area contributed by atoms with E-state index in [4.69, 9.17) is 0 Å². The molecule has 0 atom stereocenters. The van der Waals surface area contributed by atoms with Gasteiger partial charge in [0.1, 0.15) is 0 Å². The summed E-state index contributed by atoms with van der Waals surface area (Å²) in [5.74, 6) is -4.27. The molecule has 0 aromatic rings. The molecule has 32 heavy (non-hydrogen) atoms. The van der Waals surface area contributed by atoms with Crippen molar-refractivity contribution < 1.29 is 23.2 Å². The molecule has 1 rings (SSSR count). The highest BCUT2D eigenvalue weighted by atomic mass is 19.3. The third-order valence-electron chi connectivity index (χ3n) is 6.20. The Kier molecular flexibility index (Phi) is 9.54. The van der Waals surface area contributed by atoms with Gasteiger partial charge in [0.2, 0.25) is 5.78 Å². The van der Waals surface area contributed by atoms with Gasteiger partial charge < -0.3 is 10.6 Å². The van der Waals surface area contributed by atoms with Crippen LogP contribution in [0.25, 0.3) is 0 Å². The third-order valence-corrected chi connectivity index (χ3v) is 6.20. The average Bonchev–Trinajstić information content (AvgIpc) is 2.69. The Balaban J connectivity index is 3.17. The molecular weight excluding hydrogens is 414 g/mol. The lowest BCUT2D eigenvalue weighted by atomic mass is 9.71. The van der Waals surface area contributed by atoms with Crippen LogP contribution in [0, 0.1) is 5.92 Å². The number of likely N-dealkylation sites (N-methyl/N-ethyl adjacent to an activating group) is 1. The Morgan fingerprint density at radius 3 is 2.06 bits per heavy atom. The zero-order chi connectivity index (χ0) is 24.9. The van der Waals surface area contributed by atoms with Crippen LogP contribution in [0.15, 0.2) is 34.6 Å². The second-order valence-corrected chi connectivity index (χ2v) is 9.27. The molecule has 0 radical (unpaired) electrons. The van der Waals surface area contributed by atoms with Crippen molar-refractivity contribution >= 4 is 17.5 Å². The van der Waals surface area contributed by atoms with Gasteiger partial charge in [0.15, 0.2) is 5.78 Å². The van der Waals surface area contributed by atoms with Crippen LogP contribution in [0.5, 0.6) is 0 Å². The number of carbonyl (C=O) groups is 3. The predicted molar refractivity (Wildman–Crippen MR) is 123 cm³/mol. The minimum absolute atomic E-state index is 0.0872. The zero-order valence-corrected chi connectivity index (χ0v) is 20.5. The van der Waals surface area contributed by atoms with Gasteiger partial charge in [-0.25, -0.2) is 8.78 Å². The molecule has 1 saturated carbocycles. The van der Waals surface area contributed by atoms with Crippen LogP contribution in [-0.4, -0.2) is 36.0 Å². The Morgan fingerprint density at radius 1 is 1.06 bits per heavy atom. The van der Waals surface area contributed by atoms with E-state index in [2.05, 4.69) is 31.1 Å². The quantitative estimate of drug-likeness (QED) is 0.247. The molecule has 7 heteroatoms. The summed E-state index contributed by atoms with van der Waals surface area (Å²) in [6.45, 7) is 14.8. The molecule has 180 valence electrons. The molecule has 1 aliphatic carbocycles. The van der Waals surface area contributed by atoms with Crippen LogP contribution < -0.4 is 10.6 Å². The SMILES string of the molecule is C=C(NC)C1(NC(=O)C(=O)/C(C)=C(C)/C(C(=O)CC)=C(\C)CCCC(C)C)CC(F)(F)C1. The highest BCUT2D eigenvalue weighted by molar-refractivity contribution is 6.43. The van der Waals surface area contributed by atoms with Crippen LogP contribution >= 0.6 is 0 Å². The molecule has 0 unspecified atom stereocenters. The Morgan fingerprint density at radius 2 is 1.62 bits per heavy atom. The molecule has 0 saturated heterocycles. The molecule has 5 nitrogen and oxygen atoms in total. The van der Waals surface area contributed by atoms with Crippen LogP contribution in [0.2, 0.25) is 0 Å². The van der Waals surface area contributed by atoms with E-state index >= 15 is 0 Å². The van der Waals surface area contributed by atoms with E-state index in [1.807, 2.05) is 6.92 Å². The van der Waals surface area contributed by atoms with Gasteiger partial charge in [-0.05, 0) is 45.1 Å². The molecule has 2 N–H and O–H groups in total. The third kappa shape index (κ3) is 6.59. The molecule has 0 aromatic carbocycles. The summed E-state index contributed by atoms with van der Waals surface area (Å²) in [5, 5.41) is 5.17. The monoisotopic (exact) mass is 452 g/mol. The van der Waals surface area contributed by atoms with E-state index in [0.717, 1.165) is 24.8 Å². The van der Waals surface area contributed by atoms with Crippen LogP contribution in [-0.2, 0) is 14.4 Å². The van der Waals surface area contributed by atoms with E-state index in [1.54, 1.807) is 13.8 Å². The summed E-state index contributed by atoms with van der Waals surface area (Å²) in [5.41, 5.74) is 0.828. The molecule has 0 bridgehead atoms. The number of Topliss-reactive ketones (excluding diaryl/α,β-unsaturated/α-hetero) is 2. The number of carbonyl (C=O) groups excluding carboxylic acids is 3. The van der Waals surface area contributed by atoms with Crippen molar-refractivity contribution in [1.29, 1.82) is 0 Å². The number of alkyl halides is 2. The van der Waals surface area contributed by atoms with Gasteiger partial charge in [-0.15, -0.1) is 0 Å². The van der Waals surface area contributed by atoms with Crippen molar-refractivity contribution in [2.45, 2.75) is 91.5 Å². The van der Waals surface area contributed by atoms with E-state index < -0.39 is 36.0 Å². The van der Waals surface area contributed by atoms with Gasteiger partial charge in [-0.1, -0.05) is 39.3 Å². The van der Waals surface area contributed by atoms with Crippen molar-refractivity contribution in [2.75, 3.05) is 7.05 Å². The maximum atomic E-state index is 13.6. The lowest BCUT2D eigenvalue weighted by Crippen LogP contribution is -2.65. The lowest BCUT2D eigenvalue weighted by molar-refractivity contribution is -0.147. The molecular formula is C25H38F2N2O3. The fourth-order valence-corrected chi connectivity index (χ4v) is 4.09. The molecule has 1 amide bonds. The first kappa shape index (κ1) is 27.7. The first-order valence-electron chi connectivity index (χ1n) is 11.2. The van der Waals surface area contributed by atoms with Crippen molar-refractivity contribution in [3.63, 3.8) is 0 Å². The van der Waals surface area contributed by atoms with Gasteiger partial charge in [0, 0.05) is 43.2 Å². The fourth-order valence-electron chi connectivity index (χ4n) is 4.09. The van der Waals surface area contributed by atoms with Crippen molar-refractivity contribution in [3.8, 4) is 0 Å². The van der Waals surface area contributed by atoms with Gasteiger partial charge in [-0.3, -0.25) is 14.4 Å². The van der Waals surface area contributed by atoms with Crippen molar-refractivity contribution in [3.05, 3.63) is 34.6 Å². The fraction of sp³-hybridized carbons (Fsp3) is 0.640. The molecule has 0 aromatic heterocycles. The number of halogens is 2. The molecule has 1 fully saturated rings. The number of ketones is 2. The summed E-state index contributed by atoms with van der Waals surface area (Å²) < 4.78 is 27.2. The Bertz CT molecular complexity index is 830. The summed E-state index contributed by atoms with van der Waals surface area (Å²) in [7, 11) is 1.53. The van der Waals surface area contributed by atoms with Crippen molar-refractivity contribution in [1.82, 2.24) is 10.6 Å². The molecule has 0 aliphatic heterocycles. The number of allylic oxidation sites excluding steroid dienone is 3. The maximum Gasteiger partial charge on any atom is 0.292 e. The highest BCUT2D eigenvalue weighted by Crippen LogP contribution is 2.48. The van der Waals surface area contributed by atoms with Gasteiger partial charge in [0.05, 0.1) is 5.54 Å². The summed E-state index contributed by atoms with van der Waals surface area (Å²) in [6.07, 6.45) is 1.72. The van der Waals surface area contributed by atoms with Gasteiger partial charge in [-0.2, -0.15) is 0 Å². The smallest absolute Gasteiger partial charge is 0.292 e. The topological polar surface area (TPSA) is 75.3 Å². The largest absolute Gasteiger partial charge is 0.390 e. The molecule has 0 spiro atoms. The summed E-state index contributed by atoms with van der Waals surface area (Å²) in [4.78, 5) is 38.2. The number of rotatable bonds is 12.